The van der Waals surface area contributed by atoms with Crippen LogP contribution in [-0.4, -0.2) is 15.4 Å². The van der Waals surface area contributed by atoms with Gasteiger partial charge in [-0.25, -0.2) is 4.98 Å². The van der Waals surface area contributed by atoms with Gasteiger partial charge in [0.2, 0.25) is 0 Å². The van der Waals surface area contributed by atoms with Gasteiger partial charge in [0.1, 0.15) is 11.3 Å². The van der Waals surface area contributed by atoms with Crippen LogP contribution in [0.2, 0.25) is 5.02 Å². The number of fused-ring (bicyclic) bond motifs is 3. The molecule has 84 valence electrons. The average Bonchev–Trinajstić information content (AvgIpc) is 2.73. The van der Waals surface area contributed by atoms with Gasteiger partial charge in [-0.15, -0.1) is 0 Å². The molecule has 3 aromatic rings. The molecular formula is C12H6ClN2NaO2. The van der Waals surface area contributed by atoms with Crippen LogP contribution >= 0.6 is 11.6 Å². The minimum Gasteiger partial charge on any atom is -0.543 e. The standard InChI is InChI=1S/C12H7ClN2O2.Na/c13-8-3-1-7-2-4-11-14-9(12(16)17)6-15(11)10(7)5-8;/h1-6H,(H,16,17);/q;+1/p-1. The molecule has 0 unspecified atom stereocenters. The van der Waals surface area contributed by atoms with E-state index in [1.807, 2.05) is 12.1 Å². The van der Waals surface area contributed by atoms with E-state index in [0.717, 1.165) is 10.9 Å². The number of pyridine rings is 1. The predicted molar refractivity (Wildman–Crippen MR) is 62.0 cm³/mol. The largest absolute Gasteiger partial charge is 1.00 e. The maximum absolute atomic E-state index is 10.8. The first-order chi connectivity index (χ1) is 8.15. The third-order valence-electron chi connectivity index (χ3n) is 2.61. The number of carbonyl (C=O) groups is 1. The summed E-state index contributed by atoms with van der Waals surface area (Å²) in [5.41, 5.74) is 1.28. The number of carbonyl (C=O) groups excluding carboxylic acids is 1. The molecule has 18 heavy (non-hydrogen) atoms. The minimum atomic E-state index is -1.29. The Kier molecular flexibility index (Phi) is 3.64. The minimum absolute atomic E-state index is 0. The van der Waals surface area contributed by atoms with Crippen molar-refractivity contribution >= 4 is 34.1 Å². The van der Waals surface area contributed by atoms with Crippen molar-refractivity contribution < 1.29 is 39.5 Å². The van der Waals surface area contributed by atoms with Gasteiger partial charge < -0.3 is 9.90 Å². The summed E-state index contributed by atoms with van der Waals surface area (Å²) in [6, 6.07) is 9.04. The zero-order chi connectivity index (χ0) is 12.0. The van der Waals surface area contributed by atoms with E-state index >= 15 is 0 Å². The molecule has 4 nitrogen and oxygen atoms in total. The monoisotopic (exact) mass is 268 g/mol. The number of aromatic nitrogens is 2. The molecule has 0 bridgehead atoms. The third-order valence-corrected chi connectivity index (χ3v) is 2.84. The first-order valence-electron chi connectivity index (χ1n) is 4.94. The van der Waals surface area contributed by atoms with E-state index in [0.29, 0.717) is 10.7 Å². The number of carboxylic acids is 1. The SMILES string of the molecule is O=C([O-])c1cn2c(ccc3ccc(Cl)cc32)n1.[Na+]. The second-order valence-electron chi connectivity index (χ2n) is 3.68. The van der Waals surface area contributed by atoms with Crippen LogP contribution in [0.1, 0.15) is 10.5 Å². The molecule has 0 aliphatic heterocycles. The molecule has 0 spiro atoms. The van der Waals surface area contributed by atoms with Gasteiger partial charge >= 0.3 is 29.6 Å². The van der Waals surface area contributed by atoms with Crippen molar-refractivity contribution in [2.45, 2.75) is 0 Å². The molecule has 1 aromatic carbocycles. The van der Waals surface area contributed by atoms with Crippen LogP contribution in [0, 0.1) is 0 Å². The fraction of sp³-hybridized carbons (Fsp3) is 0. The quantitative estimate of drug-likeness (QED) is 0.505. The number of nitrogens with zero attached hydrogens (tertiary/aromatic N) is 2. The molecule has 0 saturated heterocycles. The van der Waals surface area contributed by atoms with E-state index in [4.69, 9.17) is 11.6 Å². The summed E-state index contributed by atoms with van der Waals surface area (Å²) in [7, 11) is 0. The van der Waals surface area contributed by atoms with Gasteiger partial charge in [0.15, 0.2) is 0 Å². The second-order valence-corrected chi connectivity index (χ2v) is 4.11. The number of benzene rings is 1. The van der Waals surface area contributed by atoms with Crippen LogP contribution < -0.4 is 34.7 Å². The van der Waals surface area contributed by atoms with Crippen LogP contribution in [0.25, 0.3) is 16.6 Å². The van der Waals surface area contributed by atoms with Crippen LogP contribution in [0.15, 0.2) is 36.5 Å². The zero-order valence-corrected chi connectivity index (χ0v) is 12.3. The van der Waals surface area contributed by atoms with E-state index in [9.17, 15) is 9.90 Å². The second kappa shape index (κ2) is 4.90. The summed E-state index contributed by atoms with van der Waals surface area (Å²) in [5.74, 6) is -1.29. The Balaban J connectivity index is 0.00000120. The maximum atomic E-state index is 10.8. The molecule has 0 aliphatic rings. The van der Waals surface area contributed by atoms with E-state index in [-0.39, 0.29) is 35.3 Å². The third kappa shape index (κ3) is 2.12. The van der Waals surface area contributed by atoms with Crippen molar-refractivity contribution in [3.63, 3.8) is 0 Å². The molecule has 2 heterocycles. The molecule has 2 aromatic heterocycles. The Bertz CT molecular complexity index is 754. The summed E-state index contributed by atoms with van der Waals surface area (Å²) in [5, 5.41) is 12.3. The zero-order valence-electron chi connectivity index (χ0n) is 9.55. The van der Waals surface area contributed by atoms with Crippen LogP contribution in [-0.2, 0) is 0 Å². The van der Waals surface area contributed by atoms with E-state index in [1.165, 1.54) is 6.20 Å². The molecule has 0 N–H and O–H groups in total. The first-order valence-corrected chi connectivity index (χ1v) is 5.32. The fourth-order valence-corrected chi connectivity index (χ4v) is 2.00. The summed E-state index contributed by atoms with van der Waals surface area (Å²) in [6.45, 7) is 0. The summed E-state index contributed by atoms with van der Waals surface area (Å²) in [4.78, 5) is 14.7. The van der Waals surface area contributed by atoms with Crippen LogP contribution in [0.5, 0.6) is 0 Å². The van der Waals surface area contributed by atoms with Crippen molar-refractivity contribution in [2.75, 3.05) is 0 Å². The Morgan fingerprint density at radius 1 is 1.28 bits per heavy atom. The summed E-state index contributed by atoms with van der Waals surface area (Å²) >= 11 is 5.93. The maximum Gasteiger partial charge on any atom is 1.00 e. The van der Waals surface area contributed by atoms with Crippen molar-refractivity contribution in [1.29, 1.82) is 0 Å². The van der Waals surface area contributed by atoms with Gasteiger partial charge in [0, 0.05) is 11.2 Å². The number of aromatic carboxylic acids is 1. The molecule has 6 heteroatoms. The first kappa shape index (κ1) is 13.4. The van der Waals surface area contributed by atoms with E-state index < -0.39 is 5.97 Å². The van der Waals surface area contributed by atoms with Gasteiger partial charge in [0.25, 0.3) is 0 Å². The van der Waals surface area contributed by atoms with Crippen molar-refractivity contribution in [1.82, 2.24) is 9.38 Å². The van der Waals surface area contributed by atoms with Gasteiger partial charge in [-0.1, -0.05) is 17.7 Å². The number of carboxylic acid groups (broad SMARTS) is 1. The number of imidazole rings is 1. The molecule has 0 aliphatic carbocycles. The summed E-state index contributed by atoms with van der Waals surface area (Å²) in [6.07, 6.45) is 1.43. The van der Waals surface area contributed by atoms with Crippen LogP contribution in [0.3, 0.4) is 0 Å². The normalized spacial score (nSPS) is 10.5. The van der Waals surface area contributed by atoms with Gasteiger partial charge in [-0.05, 0) is 29.7 Å². The number of hydrogen-bond donors (Lipinski definition) is 0. The molecule has 3 rings (SSSR count). The van der Waals surface area contributed by atoms with Gasteiger partial charge in [0.05, 0.1) is 11.5 Å². The van der Waals surface area contributed by atoms with Crippen molar-refractivity contribution in [3.05, 3.63) is 47.2 Å². The van der Waals surface area contributed by atoms with E-state index in [1.54, 1.807) is 22.6 Å². The number of rotatable bonds is 1. The Morgan fingerprint density at radius 2 is 2.00 bits per heavy atom. The Labute approximate surface area is 129 Å². The topological polar surface area (TPSA) is 57.4 Å². The number of hydrogen-bond acceptors (Lipinski definition) is 3. The molecular weight excluding hydrogens is 263 g/mol. The number of halogens is 1. The fourth-order valence-electron chi connectivity index (χ4n) is 1.83. The van der Waals surface area contributed by atoms with Crippen molar-refractivity contribution in [3.8, 4) is 0 Å². The van der Waals surface area contributed by atoms with Gasteiger partial charge in [-0.3, -0.25) is 4.40 Å². The smallest absolute Gasteiger partial charge is 0.543 e. The van der Waals surface area contributed by atoms with Crippen molar-refractivity contribution in [2.24, 2.45) is 0 Å². The molecule has 0 atom stereocenters. The van der Waals surface area contributed by atoms with E-state index in [2.05, 4.69) is 4.98 Å². The van der Waals surface area contributed by atoms with Gasteiger partial charge in [-0.2, -0.15) is 0 Å². The Hall–Kier alpha value is -1.07. The molecule has 0 fully saturated rings. The summed E-state index contributed by atoms with van der Waals surface area (Å²) < 4.78 is 1.69. The molecule has 0 saturated carbocycles. The molecule has 0 amide bonds. The molecule has 0 radical (unpaired) electrons. The average molecular weight is 269 g/mol. The van der Waals surface area contributed by atoms with Crippen LogP contribution in [0.4, 0.5) is 0 Å². The Morgan fingerprint density at radius 3 is 2.72 bits per heavy atom. The predicted octanol–water partition coefficient (Wildman–Crippen LogP) is -1.49.